The summed E-state index contributed by atoms with van der Waals surface area (Å²) in [5.41, 5.74) is 5.40. The number of para-hydroxylation sites is 1. The van der Waals surface area contributed by atoms with Crippen LogP contribution in [0.3, 0.4) is 0 Å². The number of fused-ring (bicyclic) bond motifs is 1. The number of pyridine rings is 1. The second kappa shape index (κ2) is 8.47. The van der Waals surface area contributed by atoms with Crippen LogP contribution in [0, 0.1) is 13.8 Å². The summed E-state index contributed by atoms with van der Waals surface area (Å²) < 4.78 is 47.0. The van der Waals surface area contributed by atoms with Crippen molar-refractivity contribution in [2.75, 3.05) is 7.05 Å². The Morgan fingerprint density at radius 2 is 1.78 bits per heavy atom. The van der Waals surface area contributed by atoms with Crippen LogP contribution in [0.2, 0.25) is 0 Å². The number of aryl methyl sites for hydroxylation is 3. The van der Waals surface area contributed by atoms with Gasteiger partial charge in [0, 0.05) is 66.2 Å². The Bertz CT molecular complexity index is 1540. The standard InChI is InChI=1S/C26H24F3N5O2/c1-15-6-5-7-16(2)25(15)36-23-14-33(4)24(35)9-19(23)20-12-32(3)13-22-18(20)8-21(31-22)17-10-30-34(11-17)26(27,28)29/h5-12,14,31H,13H2,1-4H3. The minimum Gasteiger partial charge on any atom is -0.455 e. The van der Waals surface area contributed by atoms with Crippen LogP contribution in [0.1, 0.15) is 27.9 Å². The van der Waals surface area contributed by atoms with E-state index >= 15 is 0 Å². The maximum atomic E-state index is 13.1. The smallest absolute Gasteiger partial charge is 0.455 e. The van der Waals surface area contributed by atoms with Gasteiger partial charge in [0.2, 0.25) is 0 Å². The fourth-order valence-electron chi connectivity index (χ4n) is 4.39. The Morgan fingerprint density at radius 1 is 1.06 bits per heavy atom. The van der Waals surface area contributed by atoms with Gasteiger partial charge in [0.1, 0.15) is 5.75 Å². The summed E-state index contributed by atoms with van der Waals surface area (Å²) in [6.07, 6.45) is 1.08. The second-order valence-corrected chi connectivity index (χ2v) is 9.00. The predicted molar refractivity (Wildman–Crippen MR) is 130 cm³/mol. The van der Waals surface area contributed by atoms with Crippen molar-refractivity contribution in [3.05, 3.63) is 93.4 Å². The van der Waals surface area contributed by atoms with Crippen molar-refractivity contribution in [1.29, 1.82) is 0 Å². The van der Waals surface area contributed by atoms with Gasteiger partial charge in [-0.3, -0.25) is 4.79 Å². The number of ether oxygens (including phenoxy) is 1. The van der Waals surface area contributed by atoms with Gasteiger partial charge in [-0.2, -0.15) is 9.78 Å². The van der Waals surface area contributed by atoms with E-state index in [4.69, 9.17) is 4.74 Å². The highest BCUT2D eigenvalue weighted by Crippen LogP contribution is 2.40. The zero-order chi connectivity index (χ0) is 25.8. The van der Waals surface area contributed by atoms with E-state index in [0.717, 1.165) is 34.2 Å². The average molecular weight is 496 g/mol. The van der Waals surface area contributed by atoms with Gasteiger partial charge in [-0.05, 0) is 31.0 Å². The summed E-state index contributed by atoms with van der Waals surface area (Å²) in [4.78, 5) is 17.9. The van der Waals surface area contributed by atoms with Crippen molar-refractivity contribution < 1.29 is 17.9 Å². The highest BCUT2D eigenvalue weighted by molar-refractivity contribution is 5.86. The molecule has 1 aliphatic heterocycles. The molecule has 10 heteroatoms. The number of alkyl halides is 3. The normalized spacial score (nSPS) is 13.5. The van der Waals surface area contributed by atoms with Crippen LogP contribution >= 0.6 is 0 Å². The minimum absolute atomic E-state index is 0.0254. The first-order valence-electron chi connectivity index (χ1n) is 11.2. The number of nitrogens with one attached hydrogen (secondary N) is 1. The minimum atomic E-state index is -4.60. The highest BCUT2D eigenvalue weighted by atomic mass is 19.4. The van der Waals surface area contributed by atoms with Gasteiger partial charge < -0.3 is 19.2 Å². The van der Waals surface area contributed by atoms with E-state index in [-0.39, 0.29) is 10.2 Å². The average Bonchev–Trinajstić information content (AvgIpc) is 3.45. The molecule has 0 spiro atoms. The summed E-state index contributed by atoms with van der Waals surface area (Å²) in [6.45, 7) is 4.43. The molecule has 0 bridgehead atoms. The third-order valence-electron chi connectivity index (χ3n) is 6.20. The molecule has 0 saturated heterocycles. The molecule has 1 aliphatic rings. The first kappa shape index (κ1) is 23.5. The molecule has 0 fully saturated rings. The lowest BCUT2D eigenvalue weighted by molar-refractivity contribution is -0.212. The molecule has 186 valence electrons. The third-order valence-corrected chi connectivity index (χ3v) is 6.20. The van der Waals surface area contributed by atoms with Gasteiger partial charge in [0.25, 0.3) is 5.56 Å². The number of rotatable bonds is 4. The molecule has 5 rings (SSSR count). The van der Waals surface area contributed by atoms with Crippen LogP contribution in [0.15, 0.2) is 59.9 Å². The molecule has 3 aromatic heterocycles. The van der Waals surface area contributed by atoms with Crippen molar-refractivity contribution >= 4 is 5.57 Å². The third kappa shape index (κ3) is 4.19. The number of nitrogens with zero attached hydrogens (tertiary/aromatic N) is 4. The summed E-state index contributed by atoms with van der Waals surface area (Å²) in [5, 5.41) is 3.44. The van der Waals surface area contributed by atoms with Crippen molar-refractivity contribution in [1.82, 2.24) is 24.2 Å². The summed E-state index contributed by atoms with van der Waals surface area (Å²) in [7, 11) is 3.54. The Hall–Kier alpha value is -4.21. The number of hydrogen-bond acceptors (Lipinski definition) is 4. The fourth-order valence-corrected chi connectivity index (χ4v) is 4.39. The zero-order valence-electron chi connectivity index (χ0n) is 20.1. The number of hydrogen-bond donors (Lipinski definition) is 1. The van der Waals surface area contributed by atoms with Crippen molar-refractivity contribution in [2.24, 2.45) is 7.05 Å². The van der Waals surface area contributed by atoms with E-state index < -0.39 is 6.30 Å². The molecule has 0 atom stereocenters. The molecular formula is C26H24F3N5O2. The highest BCUT2D eigenvalue weighted by Gasteiger charge is 2.32. The monoisotopic (exact) mass is 495 g/mol. The van der Waals surface area contributed by atoms with Crippen LogP contribution in [0.5, 0.6) is 11.5 Å². The van der Waals surface area contributed by atoms with Gasteiger partial charge >= 0.3 is 6.30 Å². The van der Waals surface area contributed by atoms with Gasteiger partial charge in [-0.1, -0.05) is 18.2 Å². The number of aromatic nitrogens is 4. The van der Waals surface area contributed by atoms with E-state index in [1.54, 1.807) is 19.3 Å². The Labute approximate surface area is 205 Å². The maximum Gasteiger partial charge on any atom is 0.504 e. The molecule has 1 N–H and O–H groups in total. The predicted octanol–water partition coefficient (Wildman–Crippen LogP) is 5.30. The number of H-pyrrole nitrogens is 1. The van der Waals surface area contributed by atoms with Gasteiger partial charge in [-0.15, -0.1) is 13.2 Å². The lowest BCUT2D eigenvalue weighted by Gasteiger charge is -2.25. The topological polar surface area (TPSA) is 68.1 Å². The molecule has 0 amide bonds. The van der Waals surface area contributed by atoms with Crippen molar-refractivity contribution in [2.45, 2.75) is 26.7 Å². The largest absolute Gasteiger partial charge is 0.504 e. The molecule has 36 heavy (non-hydrogen) atoms. The van der Waals surface area contributed by atoms with E-state index in [1.807, 2.05) is 50.2 Å². The summed E-state index contributed by atoms with van der Waals surface area (Å²) in [6, 6.07) is 9.16. The van der Waals surface area contributed by atoms with Crippen molar-refractivity contribution in [3.8, 4) is 22.8 Å². The molecule has 1 aromatic carbocycles. The molecule has 7 nitrogen and oxygen atoms in total. The molecule has 0 aliphatic carbocycles. The van der Waals surface area contributed by atoms with Crippen LogP contribution in [-0.2, 0) is 19.9 Å². The lowest BCUT2D eigenvalue weighted by atomic mass is 9.96. The fraction of sp³-hybridized carbons (Fsp3) is 0.231. The molecule has 4 aromatic rings. The Kier molecular flexibility index (Phi) is 5.54. The van der Waals surface area contributed by atoms with Gasteiger partial charge in [-0.25, -0.2) is 0 Å². The molecule has 4 heterocycles. The first-order chi connectivity index (χ1) is 17.0. The number of aromatic amines is 1. The van der Waals surface area contributed by atoms with Crippen molar-refractivity contribution in [3.63, 3.8) is 0 Å². The van der Waals surface area contributed by atoms with Gasteiger partial charge in [0.15, 0.2) is 5.75 Å². The van der Waals surface area contributed by atoms with E-state index in [2.05, 4.69) is 10.1 Å². The quantitative estimate of drug-likeness (QED) is 0.418. The lowest BCUT2D eigenvalue weighted by Crippen LogP contribution is -2.20. The molecule has 0 saturated carbocycles. The Balaban J connectivity index is 1.62. The van der Waals surface area contributed by atoms with Crippen LogP contribution in [0.25, 0.3) is 16.8 Å². The SMILES string of the molecule is Cc1cccc(C)c1Oc1cn(C)c(=O)cc1C1=CN(C)Cc2[nH]c(-c3cnn(C(F)(F)F)c3)cc21. The van der Waals surface area contributed by atoms with E-state index in [0.29, 0.717) is 34.9 Å². The summed E-state index contributed by atoms with van der Waals surface area (Å²) >= 11 is 0. The molecule has 0 radical (unpaired) electrons. The second-order valence-electron chi connectivity index (χ2n) is 9.00. The van der Waals surface area contributed by atoms with Gasteiger partial charge in [0.05, 0.1) is 18.9 Å². The number of halogens is 3. The van der Waals surface area contributed by atoms with Crippen LogP contribution in [-0.4, -0.2) is 31.3 Å². The number of benzene rings is 1. The van der Waals surface area contributed by atoms with Crippen LogP contribution < -0.4 is 10.3 Å². The molecular weight excluding hydrogens is 471 g/mol. The van der Waals surface area contributed by atoms with E-state index in [9.17, 15) is 18.0 Å². The molecule has 0 unspecified atom stereocenters. The maximum absolute atomic E-state index is 13.1. The zero-order valence-corrected chi connectivity index (χ0v) is 20.1. The Morgan fingerprint density at radius 3 is 2.44 bits per heavy atom. The summed E-state index contributed by atoms with van der Waals surface area (Å²) in [5.74, 6) is 1.20. The van der Waals surface area contributed by atoms with Crippen LogP contribution in [0.4, 0.5) is 13.2 Å². The first-order valence-corrected chi connectivity index (χ1v) is 11.2. The van der Waals surface area contributed by atoms with E-state index in [1.165, 1.54) is 16.8 Å².